The Kier molecular flexibility index (Phi) is 3.43. The highest BCUT2D eigenvalue weighted by atomic mass is 35.5. The SMILES string of the molecule is ON/N=C1\NCCN1Cc1ccc(Cl)nc1. The second-order valence-electron chi connectivity index (χ2n) is 3.37. The highest BCUT2D eigenvalue weighted by Gasteiger charge is 2.18. The van der Waals surface area contributed by atoms with Crippen molar-refractivity contribution in [1.29, 1.82) is 0 Å². The van der Waals surface area contributed by atoms with Crippen molar-refractivity contribution in [2.24, 2.45) is 5.10 Å². The Bertz CT molecular complexity index is 380. The van der Waals surface area contributed by atoms with E-state index < -0.39 is 0 Å². The fourth-order valence-corrected chi connectivity index (χ4v) is 1.66. The highest BCUT2D eigenvalue weighted by molar-refractivity contribution is 6.29. The average molecular weight is 242 g/mol. The minimum Gasteiger partial charge on any atom is -0.353 e. The maximum Gasteiger partial charge on any atom is 0.219 e. The molecule has 7 heteroatoms. The fraction of sp³-hybridized carbons (Fsp3) is 0.333. The van der Waals surface area contributed by atoms with Crippen LogP contribution in [0.5, 0.6) is 0 Å². The van der Waals surface area contributed by atoms with Gasteiger partial charge in [0.2, 0.25) is 5.96 Å². The zero-order valence-electron chi connectivity index (χ0n) is 8.52. The van der Waals surface area contributed by atoms with Crippen LogP contribution >= 0.6 is 11.6 Å². The van der Waals surface area contributed by atoms with Crippen LogP contribution in [-0.4, -0.2) is 34.1 Å². The predicted molar refractivity (Wildman–Crippen MR) is 60.0 cm³/mol. The number of guanidine groups is 1. The summed E-state index contributed by atoms with van der Waals surface area (Å²) in [6.07, 6.45) is 1.73. The number of hydrogen-bond acceptors (Lipinski definition) is 4. The number of nitrogens with zero attached hydrogens (tertiary/aromatic N) is 3. The first-order valence-electron chi connectivity index (χ1n) is 4.85. The van der Waals surface area contributed by atoms with Gasteiger partial charge in [0.1, 0.15) is 5.15 Å². The van der Waals surface area contributed by atoms with E-state index in [1.165, 1.54) is 0 Å². The van der Waals surface area contributed by atoms with Crippen molar-refractivity contribution in [1.82, 2.24) is 20.8 Å². The van der Waals surface area contributed by atoms with E-state index in [0.29, 0.717) is 17.7 Å². The summed E-state index contributed by atoms with van der Waals surface area (Å²) in [5, 5.41) is 15.7. The molecule has 2 heterocycles. The molecule has 1 aliphatic heterocycles. The lowest BCUT2D eigenvalue weighted by molar-refractivity contribution is 0.169. The lowest BCUT2D eigenvalue weighted by atomic mass is 10.3. The van der Waals surface area contributed by atoms with Crippen molar-refractivity contribution in [2.75, 3.05) is 13.1 Å². The van der Waals surface area contributed by atoms with Crippen LogP contribution in [0.3, 0.4) is 0 Å². The van der Waals surface area contributed by atoms with Crippen LogP contribution in [0.15, 0.2) is 23.4 Å². The van der Waals surface area contributed by atoms with Gasteiger partial charge in [-0.25, -0.2) is 4.98 Å². The van der Waals surface area contributed by atoms with Crippen LogP contribution in [0.1, 0.15) is 5.56 Å². The first-order chi connectivity index (χ1) is 7.79. The summed E-state index contributed by atoms with van der Waals surface area (Å²) in [4.78, 5) is 6.00. The number of hydrogen-bond donors (Lipinski definition) is 3. The summed E-state index contributed by atoms with van der Waals surface area (Å²) in [5.74, 6) is 0.623. The summed E-state index contributed by atoms with van der Waals surface area (Å²) in [7, 11) is 0. The Morgan fingerprint density at radius 3 is 3.19 bits per heavy atom. The number of halogens is 1. The molecule has 86 valence electrons. The molecular weight excluding hydrogens is 230 g/mol. The van der Waals surface area contributed by atoms with Gasteiger partial charge in [0.05, 0.1) is 0 Å². The third kappa shape index (κ3) is 2.53. The molecule has 0 unspecified atom stereocenters. The first kappa shape index (κ1) is 11.0. The van der Waals surface area contributed by atoms with Gasteiger partial charge in [-0.2, -0.15) is 5.59 Å². The molecule has 1 aliphatic rings. The summed E-state index contributed by atoms with van der Waals surface area (Å²) >= 11 is 5.70. The van der Waals surface area contributed by atoms with E-state index in [1.807, 2.05) is 11.0 Å². The van der Waals surface area contributed by atoms with E-state index in [0.717, 1.165) is 18.7 Å². The highest BCUT2D eigenvalue weighted by Crippen LogP contribution is 2.09. The molecular formula is C9H12ClN5O. The van der Waals surface area contributed by atoms with Gasteiger partial charge in [-0.1, -0.05) is 17.7 Å². The maximum atomic E-state index is 8.51. The monoisotopic (exact) mass is 241 g/mol. The Hall–Kier alpha value is -1.53. The third-order valence-electron chi connectivity index (χ3n) is 2.28. The Labute approximate surface area is 97.9 Å². The molecule has 6 nitrogen and oxygen atoms in total. The minimum atomic E-state index is 0.481. The second kappa shape index (κ2) is 5.00. The van der Waals surface area contributed by atoms with Crippen molar-refractivity contribution in [2.45, 2.75) is 6.54 Å². The van der Waals surface area contributed by atoms with Crippen LogP contribution in [0.2, 0.25) is 5.15 Å². The molecule has 3 N–H and O–H groups in total. The van der Waals surface area contributed by atoms with Gasteiger partial charge in [-0.15, -0.1) is 5.10 Å². The molecule has 0 atom stereocenters. The van der Waals surface area contributed by atoms with E-state index in [9.17, 15) is 0 Å². The molecule has 0 bridgehead atoms. The van der Waals surface area contributed by atoms with Crippen molar-refractivity contribution < 1.29 is 5.21 Å². The number of aromatic nitrogens is 1. The molecule has 16 heavy (non-hydrogen) atoms. The van der Waals surface area contributed by atoms with Crippen molar-refractivity contribution >= 4 is 17.6 Å². The molecule has 0 aliphatic carbocycles. The minimum absolute atomic E-state index is 0.481. The number of pyridine rings is 1. The fourth-order valence-electron chi connectivity index (χ4n) is 1.55. The summed E-state index contributed by atoms with van der Waals surface area (Å²) in [6, 6.07) is 3.67. The van der Waals surface area contributed by atoms with Crippen LogP contribution in [-0.2, 0) is 6.54 Å². The zero-order valence-corrected chi connectivity index (χ0v) is 9.28. The van der Waals surface area contributed by atoms with E-state index in [4.69, 9.17) is 16.8 Å². The van der Waals surface area contributed by atoms with E-state index in [2.05, 4.69) is 15.4 Å². The smallest absolute Gasteiger partial charge is 0.219 e. The van der Waals surface area contributed by atoms with Crippen LogP contribution in [0.25, 0.3) is 0 Å². The first-order valence-corrected chi connectivity index (χ1v) is 5.23. The molecule has 2 rings (SSSR count). The molecule has 1 aromatic rings. The summed E-state index contributed by atoms with van der Waals surface area (Å²) in [5.41, 5.74) is 2.82. The van der Waals surface area contributed by atoms with E-state index in [-0.39, 0.29) is 0 Å². The number of rotatable bonds is 3. The molecule has 1 fully saturated rings. The van der Waals surface area contributed by atoms with Gasteiger partial charge < -0.3 is 10.2 Å². The van der Waals surface area contributed by atoms with Gasteiger partial charge in [0.15, 0.2) is 0 Å². The van der Waals surface area contributed by atoms with Gasteiger partial charge in [0.25, 0.3) is 0 Å². The standard InChI is InChI=1S/C9H12ClN5O/c10-8-2-1-7(5-12-8)6-15-4-3-11-9(15)13-14-16/h1-2,5,14,16H,3-4,6H2,(H,11,13). The maximum absolute atomic E-state index is 8.51. The second-order valence-corrected chi connectivity index (χ2v) is 3.76. The van der Waals surface area contributed by atoms with Crippen LogP contribution in [0.4, 0.5) is 0 Å². The molecule has 0 saturated carbocycles. The molecule has 0 aromatic carbocycles. The average Bonchev–Trinajstić information content (AvgIpc) is 2.70. The van der Waals surface area contributed by atoms with E-state index in [1.54, 1.807) is 17.9 Å². The Balaban J connectivity index is 2.04. The quantitative estimate of drug-likeness (QED) is 0.528. The summed E-state index contributed by atoms with van der Waals surface area (Å²) < 4.78 is 0. The van der Waals surface area contributed by atoms with E-state index >= 15 is 0 Å². The summed E-state index contributed by atoms with van der Waals surface area (Å²) in [6.45, 7) is 2.32. The molecule has 1 saturated heterocycles. The van der Waals surface area contributed by atoms with Crippen molar-refractivity contribution in [3.8, 4) is 0 Å². The Morgan fingerprint density at radius 1 is 1.62 bits per heavy atom. The Morgan fingerprint density at radius 2 is 2.50 bits per heavy atom. The lowest BCUT2D eigenvalue weighted by Crippen LogP contribution is -2.31. The van der Waals surface area contributed by atoms with Crippen molar-refractivity contribution in [3.05, 3.63) is 29.0 Å². The van der Waals surface area contributed by atoms with Crippen molar-refractivity contribution in [3.63, 3.8) is 0 Å². The normalized spacial score (nSPS) is 17.6. The molecule has 0 radical (unpaired) electrons. The molecule has 0 spiro atoms. The van der Waals surface area contributed by atoms with Gasteiger partial charge in [0, 0.05) is 25.8 Å². The molecule has 0 amide bonds. The number of hydrazone groups is 1. The third-order valence-corrected chi connectivity index (χ3v) is 2.51. The van der Waals surface area contributed by atoms with Crippen LogP contribution in [0, 0.1) is 0 Å². The largest absolute Gasteiger partial charge is 0.353 e. The van der Waals surface area contributed by atoms with Gasteiger partial charge in [-0.05, 0) is 11.6 Å². The molecule has 1 aromatic heterocycles. The zero-order chi connectivity index (χ0) is 11.4. The van der Waals surface area contributed by atoms with Crippen LogP contribution < -0.4 is 10.9 Å². The van der Waals surface area contributed by atoms with Gasteiger partial charge in [-0.3, -0.25) is 5.21 Å². The topological polar surface area (TPSA) is 72.8 Å². The predicted octanol–water partition coefficient (Wildman–Crippen LogP) is 0.390. The van der Waals surface area contributed by atoms with Gasteiger partial charge >= 0.3 is 0 Å². The lowest BCUT2D eigenvalue weighted by Gasteiger charge is -2.16. The number of nitrogens with one attached hydrogen (secondary N) is 2.